The molecule has 0 bridgehead atoms. The van der Waals surface area contributed by atoms with Crippen LogP contribution in [0.4, 0.5) is 4.79 Å². The van der Waals surface area contributed by atoms with Crippen molar-refractivity contribution in [1.29, 1.82) is 0 Å². The van der Waals surface area contributed by atoms with Gasteiger partial charge in [0.1, 0.15) is 5.75 Å². The maximum absolute atomic E-state index is 13.0. The van der Waals surface area contributed by atoms with Crippen molar-refractivity contribution >= 4 is 23.4 Å². The molecule has 1 aliphatic rings. The van der Waals surface area contributed by atoms with Crippen LogP contribution in [0, 0.1) is 0 Å². The van der Waals surface area contributed by atoms with E-state index in [9.17, 15) is 9.59 Å². The number of Topliss-reactive ketones (excluding diaryl/α,β-unsaturated/α-hetero) is 1. The standard InChI is InChI=1S/C19H17ClN2O3/c1-11-16(18(23)13-3-7-14(20)8-4-13)17(22-19(24)21-11)12-5-9-15(25-2)10-6-12/h3-10,17H,1-2H3,(H2,21,22,24). The number of hydrogen-bond donors (Lipinski definition) is 2. The second-order valence-electron chi connectivity index (χ2n) is 5.68. The quantitative estimate of drug-likeness (QED) is 0.817. The van der Waals surface area contributed by atoms with Gasteiger partial charge in [0.2, 0.25) is 0 Å². The number of nitrogens with one attached hydrogen (secondary N) is 2. The minimum atomic E-state index is -0.539. The van der Waals surface area contributed by atoms with E-state index in [4.69, 9.17) is 16.3 Å². The summed E-state index contributed by atoms with van der Waals surface area (Å²) in [4.78, 5) is 24.9. The first kappa shape index (κ1) is 17.0. The average molecular weight is 357 g/mol. The molecule has 6 heteroatoms. The summed E-state index contributed by atoms with van der Waals surface area (Å²) in [6.45, 7) is 1.72. The molecule has 2 amide bonds. The molecule has 1 aliphatic heterocycles. The van der Waals surface area contributed by atoms with Crippen LogP contribution >= 0.6 is 11.6 Å². The lowest BCUT2D eigenvalue weighted by Gasteiger charge is -2.28. The third kappa shape index (κ3) is 3.51. The fourth-order valence-corrected chi connectivity index (χ4v) is 2.92. The topological polar surface area (TPSA) is 67.4 Å². The molecule has 0 saturated carbocycles. The summed E-state index contributed by atoms with van der Waals surface area (Å²) in [5.74, 6) is 0.540. The van der Waals surface area contributed by atoms with E-state index >= 15 is 0 Å². The van der Waals surface area contributed by atoms with Crippen molar-refractivity contribution in [2.24, 2.45) is 0 Å². The molecule has 0 aliphatic carbocycles. The number of halogens is 1. The molecule has 0 aromatic heterocycles. The molecule has 2 aromatic carbocycles. The van der Waals surface area contributed by atoms with Gasteiger partial charge in [0, 0.05) is 21.9 Å². The van der Waals surface area contributed by atoms with Gasteiger partial charge >= 0.3 is 6.03 Å². The Morgan fingerprint density at radius 3 is 2.32 bits per heavy atom. The van der Waals surface area contributed by atoms with Crippen LogP contribution in [0.25, 0.3) is 0 Å². The summed E-state index contributed by atoms with van der Waals surface area (Å²) in [6.07, 6.45) is 0. The highest BCUT2D eigenvalue weighted by Gasteiger charge is 2.31. The molecular weight excluding hydrogens is 340 g/mol. The van der Waals surface area contributed by atoms with Gasteiger partial charge in [0.15, 0.2) is 5.78 Å². The number of methoxy groups -OCH3 is 1. The second kappa shape index (κ2) is 6.99. The summed E-state index contributed by atoms with van der Waals surface area (Å²) >= 11 is 5.90. The molecule has 3 rings (SSSR count). The predicted molar refractivity (Wildman–Crippen MR) is 95.9 cm³/mol. The highest BCUT2D eigenvalue weighted by Crippen LogP contribution is 2.30. The van der Waals surface area contributed by atoms with Crippen molar-refractivity contribution in [3.05, 3.63) is 76.0 Å². The smallest absolute Gasteiger partial charge is 0.319 e. The number of benzene rings is 2. The van der Waals surface area contributed by atoms with Crippen molar-refractivity contribution in [2.45, 2.75) is 13.0 Å². The van der Waals surface area contributed by atoms with Gasteiger partial charge in [-0.05, 0) is 48.9 Å². The molecule has 1 atom stereocenters. The lowest BCUT2D eigenvalue weighted by Crippen LogP contribution is -2.45. The van der Waals surface area contributed by atoms with Crippen LogP contribution in [0.3, 0.4) is 0 Å². The van der Waals surface area contributed by atoms with Gasteiger partial charge in [-0.25, -0.2) is 4.79 Å². The highest BCUT2D eigenvalue weighted by molar-refractivity contribution is 6.30. The number of rotatable bonds is 4. The summed E-state index contributed by atoms with van der Waals surface area (Å²) in [7, 11) is 1.58. The zero-order valence-electron chi connectivity index (χ0n) is 13.8. The molecule has 25 heavy (non-hydrogen) atoms. The average Bonchev–Trinajstić information content (AvgIpc) is 2.61. The van der Waals surface area contributed by atoms with E-state index in [0.29, 0.717) is 27.6 Å². The Morgan fingerprint density at radius 2 is 1.72 bits per heavy atom. The number of carbonyl (C=O) groups excluding carboxylic acids is 2. The number of carbonyl (C=O) groups is 2. The first-order chi connectivity index (χ1) is 12.0. The molecule has 2 aromatic rings. The molecular formula is C19H17ClN2O3. The Balaban J connectivity index is 2.02. The van der Waals surface area contributed by atoms with Crippen molar-refractivity contribution in [2.75, 3.05) is 7.11 Å². The maximum atomic E-state index is 13.0. The maximum Gasteiger partial charge on any atom is 0.319 e. The fourth-order valence-electron chi connectivity index (χ4n) is 2.80. The Bertz CT molecular complexity index is 842. The van der Waals surface area contributed by atoms with E-state index in [1.54, 1.807) is 50.4 Å². The molecule has 2 N–H and O–H groups in total. The Morgan fingerprint density at radius 1 is 1.08 bits per heavy atom. The predicted octanol–water partition coefficient (Wildman–Crippen LogP) is 3.86. The van der Waals surface area contributed by atoms with Gasteiger partial charge in [-0.1, -0.05) is 23.7 Å². The van der Waals surface area contributed by atoms with Crippen molar-refractivity contribution in [1.82, 2.24) is 10.6 Å². The molecule has 0 saturated heterocycles. The van der Waals surface area contributed by atoms with Crippen molar-refractivity contribution in [3.8, 4) is 5.75 Å². The molecule has 128 valence electrons. The lowest BCUT2D eigenvalue weighted by atomic mass is 9.89. The Kier molecular flexibility index (Phi) is 4.76. The SMILES string of the molecule is COc1ccc(C2NC(=O)NC(C)=C2C(=O)c2ccc(Cl)cc2)cc1. The van der Waals surface area contributed by atoms with E-state index in [-0.39, 0.29) is 11.8 Å². The van der Waals surface area contributed by atoms with Gasteiger partial charge in [0.25, 0.3) is 0 Å². The van der Waals surface area contributed by atoms with Crippen molar-refractivity contribution in [3.63, 3.8) is 0 Å². The van der Waals surface area contributed by atoms with Crippen LogP contribution in [-0.4, -0.2) is 18.9 Å². The van der Waals surface area contributed by atoms with E-state index in [2.05, 4.69) is 10.6 Å². The van der Waals surface area contributed by atoms with Crippen molar-refractivity contribution < 1.29 is 14.3 Å². The normalized spacial score (nSPS) is 16.9. The van der Waals surface area contributed by atoms with Crippen LogP contribution in [0.2, 0.25) is 5.02 Å². The molecule has 5 nitrogen and oxygen atoms in total. The van der Waals surface area contributed by atoms with E-state index in [1.165, 1.54) is 0 Å². The Hall–Kier alpha value is -2.79. The van der Waals surface area contributed by atoms with Crippen LogP contribution in [0.15, 0.2) is 59.8 Å². The van der Waals surface area contributed by atoms with Crippen LogP contribution in [0.1, 0.15) is 28.9 Å². The van der Waals surface area contributed by atoms with Gasteiger partial charge in [-0.2, -0.15) is 0 Å². The third-order valence-electron chi connectivity index (χ3n) is 4.07. The number of hydrogen-bond acceptors (Lipinski definition) is 3. The minimum Gasteiger partial charge on any atom is -0.497 e. The van der Waals surface area contributed by atoms with Gasteiger partial charge < -0.3 is 15.4 Å². The number of allylic oxidation sites excluding steroid dienone is 1. The fraction of sp³-hybridized carbons (Fsp3) is 0.158. The summed E-state index contributed by atoms with van der Waals surface area (Å²) in [6, 6.07) is 13.1. The van der Waals surface area contributed by atoms with E-state index in [1.807, 2.05) is 12.1 Å². The van der Waals surface area contributed by atoms with E-state index < -0.39 is 6.04 Å². The van der Waals surface area contributed by atoms with Crippen LogP contribution in [0.5, 0.6) is 5.75 Å². The molecule has 1 unspecified atom stereocenters. The summed E-state index contributed by atoms with van der Waals surface area (Å²) < 4.78 is 5.16. The molecule has 0 spiro atoms. The largest absolute Gasteiger partial charge is 0.497 e. The monoisotopic (exact) mass is 356 g/mol. The minimum absolute atomic E-state index is 0.164. The molecule has 0 fully saturated rings. The van der Waals surface area contributed by atoms with Crippen LogP contribution in [-0.2, 0) is 0 Å². The first-order valence-corrected chi connectivity index (χ1v) is 8.10. The third-order valence-corrected chi connectivity index (χ3v) is 4.32. The Labute approximate surface area is 150 Å². The first-order valence-electron chi connectivity index (χ1n) is 7.72. The van der Waals surface area contributed by atoms with Gasteiger partial charge in [0.05, 0.1) is 13.2 Å². The zero-order valence-corrected chi connectivity index (χ0v) is 14.6. The number of ketones is 1. The number of amides is 2. The lowest BCUT2D eigenvalue weighted by molar-refractivity contribution is 0.102. The summed E-state index contributed by atoms with van der Waals surface area (Å²) in [5.41, 5.74) is 2.33. The molecule has 1 heterocycles. The number of urea groups is 1. The number of ether oxygens (including phenoxy) is 1. The second-order valence-corrected chi connectivity index (χ2v) is 6.12. The zero-order chi connectivity index (χ0) is 18.0. The van der Waals surface area contributed by atoms with Gasteiger partial charge in [-0.15, -0.1) is 0 Å². The van der Waals surface area contributed by atoms with Crippen LogP contribution < -0.4 is 15.4 Å². The summed E-state index contributed by atoms with van der Waals surface area (Å²) in [5, 5.41) is 6.05. The highest BCUT2D eigenvalue weighted by atomic mass is 35.5. The van der Waals surface area contributed by atoms with Gasteiger partial charge in [-0.3, -0.25) is 4.79 Å². The van der Waals surface area contributed by atoms with E-state index in [0.717, 1.165) is 5.56 Å². The molecule has 0 radical (unpaired) electrons.